The predicted molar refractivity (Wildman–Crippen MR) is 159 cm³/mol. The van der Waals surface area contributed by atoms with Gasteiger partial charge in [0.05, 0.1) is 13.2 Å². The van der Waals surface area contributed by atoms with Crippen LogP contribution in [0.5, 0.6) is 11.5 Å². The number of hydrogen-bond donors (Lipinski definition) is 0. The van der Waals surface area contributed by atoms with Crippen molar-refractivity contribution in [3.63, 3.8) is 0 Å². The highest BCUT2D eigenvalue weighted by Crippen LogP contribution is 2.46. The first kappa shape index (κ1) is 25.1. The summed E-state index contributed by atoms with van der Waals surface area (Å²) in [6.45, 7) is 2.83. The van der Waals surface area contributed by atoms with Crippen LogP contribution in [-0.4, -0.2) is 38.6 Å². The standard InChI is InChI=1S/C36H34O4/c1-3-7-25(8-4-1)34-19-28(13-17-33(34)27-11-15-30(16-12-27)37-21-31-22-38-31)29-14-18-36(40-24-32-23-39-32)35(20-29)26-9-5-2-6-10-26/h1-12,14-16,18,20,28,31-32H,13,17,19,21-24H2. The summed E-state index contributed by atoms with van der Waals surface area (Å²) in [5, 5.41) is 0. The fourth-order valence-electron chi connectivity index (χ4n) is 5.70. The van der Waals surface area contributed by atoms with Crippen molar-refractivity contribution in [3.05, 3.63) is 120 Å². The van der Waals surface area contributed by atoms with Gasteiger partial charge in [-0.3, -0.25) is 0 Å². The minimum absolute atomic E-state index is 0.228. The third kappa shape index (κ3) is 5.84. The Morgan fingerprint density at radius 1 is 0.625 bits per heavy atom. The van der Waals surface area contributed by atoms with E-state index in [2.05, 4.69) is 103 Å². The molecular formula is C36H34O4. The average Bonchev–Trinajstić information content (AvgIpc) is 3.96. The van der Waals surface area contributed by atoms with Crippen molar-refractivity contribution in [3.8, 4) is 22.6 Å². The molecule has 3 unspecified atom stereocenters. The van der Waals surface area contributed by atoms with Gasteiger partial charge in [0.2, 0.25) is 0 Å². The second-order valence-corrected chi connectivity index (χ2v) is 10.9. The van der Waals surface area contributed by atoms with Gasteiger partial charge in [-0.1, -0.05) is 78.9 Å². The van der Waals surface area contributed by atoms with Crippen LogP contribution in [0.3, 0.4) is 0 Å². The van der Waals surface area contributed by atoms with Gasteiger partial charge in [-0.2, -0.15) is 0 Å². The molecule has 1 aliphatic carbocycles. The SMILES string of the molecule is c1ccc(C2=C(c3ccc(OCC4CO4)cc3)CCC(c3ccc(OCC4CO4)c(-c4ccccc4)c3)C2)cc1. The van der Waals surface area contributed by atoms with E-state index in [0.717, 1.165) is 49.5 Å². The van der Waals surface area contributed by atoms with Crippen molar-refractivity contribution in [2.75, 3.05) is 26.4 Å². The molecule has 3 atom stereocenters. The molecule has 3 aliphatic rings. The number of epoxide rings is 2. The lowest BCUT2D eigenvalue weighted by Gasteiger charge is -2.29. The van der Waals surface area contributed by atoms with Gasteiger partial charge >= 0.3 is 0 Å². The number of rotatable bonds is 10. The fourth-order valence-corrected chi connectivity index (χ4v) is 5.70. The van der Waals surface area contributed by atoms with Crippen molar-refractivity contribution < 1.29 is 18.9 Å². The molecule has 4 aromatic rings. The molecule has 0 aromatic heterocycles. The van der Waals surface area contributed by atoms with Crippen LogP contribution in [0.15, 0.2) is 103 Å². The van der Waals surface area contributed by atoms with E-state index in [9.17, 15) is 0 Å². The topological polar surface area (TPSA) is 43.5 Å². The summed E-state index contributed by atoms with van der Waals surface area (Å²) < 4.78 is 22.8. The second-order valence-electron chi connectivity index (χ2n) is 10.9. The van der Waals surface area contributed by atoms with Crippen molar-refractivity contribution >= 4 is 11.1 Å². The summed E-state index contributed by atoms with van der Waals surface area (Å²) >= 11 is 0. The molecule has 2 aliphatic heterocycles. The van der Waals surface area contributed by atoms with Gasteiger partial charge in [-0.25, -0.2) is 0 Å². The van der Waals surface area contributed by atoms with E-state index in [0.29, 0.717) is 19.1 Å². The molecule has 0 N–H and O–H groups in total. The van der Waals surface area contributed by atoms with Crippen molar-refractivity contribution in [2.45, 2.75) is 37.4 Å². The lowest BCUT2D eigenvalue weighted by molar-refractivity contribution is 0.263. The normalized spacial score (nSPS) is 21.6. The molecule has 40 heavy (non-hydrogen) atoms. The predicted octanol–water partition coefficient (Wildman–Crippen LogP) is 7.79. The maximum Gasteiger partial charge on any atom is 0.127 e. The zero-order chi connectivity index (χ0) is 26.7. The zero-order valence-electron chi connectivity index (χ0n) is 22.6. The Morgan fingerprint density at radius 2 is 1.25 bits per heavy atom. The van der Waals surface area contributed by atoms with Gasteiger partial charge in [0.25, 0.3) is 0 Å². The lowest BCUT2D eigenvalue weighted by Crippen LogP contribution is -2.10. The van der Waals surface area contributed by atoms with Crippen LogP contribution in [0.1, 0.15) is 41.9 Å². The molecule has 2 fully saturated rings. The monoisotopic (exact) mass is 530 g/mol. The van der Waals surface area contributed by atoms with E-state index in [1.54, 1.807) is 0 Å². The van der Waals surface area contributed by atoms with Gasteiger partial charge in [0.1, 0.15) is 36.9 Å². The molecule has 0 saturated carbocycles. The van der Waals surface area contributed by atoms with Gasteiger partial charge in [0.15, 0.2) is 0 Å². The number of ether oxygens (including phenoxy) is 4. The van der Waals surface area contributed by atoms with Crippen molar-refractivity contribution in [2.24, 2.45) is 0 Å². The van der Waals surface area contributed by atoms with Crippen LogP contribution in [0.25, 0.3) is 22.3 Å². The average molecular weight is 531 g/mol. The van der Waals surface area contributed by atoms with Crippen molar-refractivity contribution in [1.29, 1.82) is 0 Å². The summed E-state index contributed by atoms with van der Waals surface area (Å²) in [5.74, 6) is 2.26. The molecular weight excluding hydrogens is 496 g/mol. The van der Waals surface area contributed by atoms with Gasteiger partial charge < -0.3 is 18.9 Å². The smallest absolute Gasteiger partial charge is 0.127 e. The highest BCUT2D eigenvalue weighted by molar-refractivity contribution is 5.92. The fraction of sp³-hybridized carbons (Fsp3) is 0.278. The molecule has 0 bridgehead atoms. The third-order valence-corrected chi connectivity index (χ3v) is 8.11. The summed E-state index contributed by atoms with van der Waals surface area (Å²) in [6.07, 6.45) is 3.63. The third-order valence-electron chi connectivity index (χ3n) is 8.11. The molecule has 7 rings (SSSR count). The zero-order valence-corrected chi connectivity index (χ0v) is 22.6. The Kier molecular flexibility index (Phi) is 7.11. The van der Waals surface area contributed by atoms with E-state index in [-0.39, 0.29) is 12.2 Å². The molecule has 202 valence electrons. The largest absolute Gasteiger partial charge is 0.491 e. The van der Waals surface area contributed by atoms with E-state index in [1.807, 2.05) is 0 Å². The molecule has 4 aromatic carbocycles. The maximum absolute atomic E-state index is 6.22. The van der Waals surface area contributed by atoms with Crippen LogP contribution >= 0.6 is 0 Å². The summed E-state index contributed by atoms with van der Waals surface area (Å²) in [6, 6.07) is 36.8. The lowest BCUT2D eigenvalue weighted by atomic mass is 9.75. The summed E-state index contributed by atoms with van der Waals surface area (Å²) in [5.41, 5.74) is 9.16. The molecule has 0 amide bonds. The van der Waals surface area contributed by atoms with E-state index in [1.165, 1.54) is 33.4 Å². The Bertz CT molecular complexity index is 1470. The number of hydrogen-bond acceptors (Lipinski definition) is 4. The van der Waals surface area contributed by atoms with Crippen LogP contribution in [0, 0.1) is 0 Å². The van der Waals surface area contributed by atoms with E-state index >= 15 is 0 Å². The molecule has 0 radical (unpaired) electrons. The Hall–Kier alpha value is -3.86. The Labute approximate surface area is 236 Å². The van der Waals surface area contributed by atoms with Crippen LogP contribution in [0.2, 0.25) is 0 Å². The maximum atomic E-state index is 6.22. The molecule has 2 heterocycles. The van der Waals surface area contributed by atoms with E-state index in [4.69, 9.17) is 18.9 Å². The molecule has 4 nitrogen and oxygen atoms in total. The van der Waals surface area contributed by atoms with Gasteiger partial charge in [-0.05, 0) is 82.8 Å². The highest BCUT2D eigenvalue weighted by Gasteiger charge is 2.27. The molecule has 0 spiro atoms. The highest BCUT2D eigenvalue weighted by atomic mass is 16.6. The van der Waals surface area contributed by atoms with Gasteiger partial charge in [-0.15, -0.1) is 0 Å². The van der Waals surface area contributed by atoms with Crippen molar-refractivity contribution in [1.82, 2.24) is 0 Å². The van der Waals surface area contributed by atoms with Gasteiger partial charge in [0, 0.05) is 5.56 Å². The second kappa shape index (κ2) is 11.3. The summed E-state index contributed by atoms with van der Waals surface area (Å²) in [7, 11) is 0. The van der Waals surface area contributed by atoms with Crippen LogP contribution in [-0.2, 0) is 9.47 Å². The quantitative estimate of drug-likeness (QED) is 0.196. The Balaban J connectivity index is 1.19. The number of benzene rings is 4. The first-order chi connectivity index (χ1) is 19.8. The number of allylic oxidation sites excluding steroid dienone is 2. The minimum Gasteiger partial charge on any atom is -0.491 e. The van der Waals surface area contributed by atoms with Crippen LogP contribution in [0.4, 0.5) is 0 Å². The van der Waals surface area contributed by atoms with E-state index < -0.39 is 0 Å². The first-order valence-corrected chi connectivity index (χ1v) is 14.4. The minimum atomic E-state index is 0.228. The first-order valence-electron chi connectivity index (χ1n) is 14.4. The molecule has 2 saturated heterocycles. The van der Waals surface area contributed by atoms with Crippen LogP contribution < -0.4 is 9.47 Å². The summed E-state index contributed by atoms with van der Waals surface area (Å²) in [4.78, 5) is 0. The molecule has 4 heteroatoms. The Morgan fingerprint density at radius 3 is 1.93 bits per heavy atom.